The van der Waals surface area contributed by atoms with Crippen molar-refractivity contribution in [2.24, 2.45) is 5.92 Å². The molecule has 1 aromatic rings. The Hall–Kier alpha value is -1.92. The highest BCUT2D eigenvalue weighted by Gasteiger charge is 2.43. The maximum absolute atomic E-state index is 13.9. The molecule has 3 atom stereocenters. The molecular formula is C22H31NO5. The fourth-order valence-electron chi connectivity index (χ4n) is 4.67. The predicted molar refractivity (Wildman–Crippen MR) is 102 cm³/mol. The molecule has 2 aliphatic rings. The second-order valence-corrected chi connectivity index (χ2v) is 8.39. The van der Waals surface area contributed by atoms with E-state index < -0.39 is 11.6 Å². The molecule has 0 bridgehead atoms. The molecule has 1 heterocycles. The second kappa shape index (κ2) is 8.62. The van der Waals surface area contributed by atoms with Crippen molar-refractivity contribution in [3.05, 3.63) is 35.9 Å². The molecule has 1 aromatic carbocycles. The van der Waals surface area contributed by atoms with Crippen LogP contribution in [-0.2, 0) is 24.7 Å². The van der Waals surface area contributed by atoms with Crippen molar-refractivity contribution in [3.8, 4) is 0 Å². The minimum absolute atomic E-state index is 0.232. The van der Waals surface area contributed by atoms with Gasteiger partial charge in [-0.1, -0.05) is 56.0 Å². The van der Waals surface area contributed by atoms with E-state index in [4.69, 9.17) is 9.47 Å². The first kappa shape index (κ1) is 20.8. The van der Waals surface area contributed by atoms with Gasteiger partial charge in [0.25, 0.3) is 0 Å². The third-order valence-corrected chi connectivity index (χ3v) is 6.16. The molecule has 0 aromatic heterocycles. The molecule has 0 radical (unpaired) electrons. The van der Waals surface area contributed by atoms with Gasteiger partial charge >= 0.3 is 11.9 Å². The van der Waals surface area contributed by atoms with Gasteiger partial charge in [0.15, 0.2) is 12.6 Å². The minimum atomic E-state index is -1.86. The summed E-state index contributed by atoms with van der Waals surface area (Å²) in [5.74, 6) is -1.14. The molecule has 0 amide bonds. The lowest BCUT2D eigenvalue weighted by atomic mass is 9.80. The average Bonchev–Trinajstić information content (AvgIpc) is 3.32. The highest BCUT2D eigenvalue weighted by atomic mass is 16.6. The van der Waals surface area contributed by atoms with Crippen LogP contribution in [0.2, 0.25) is 0 Å². The maximum Gasteiger partial charge on any atom is 0.361 e. The van der Waals surface area contributed by atoms with Gasteiger partial charge in [0.05, 0.1) is 20.2 Å². The third kappa shape index (κ3) is 4.39. The van der Waals surface area contributed by atoms with Gasteiger partial charge in [-0.05, 0) is 18.4 Å². The van der Waals surface area contributed by atoms with E-state index >= 15 is 0 Å². The van der Waals surface area contributed by atoms with Crippen molar-refractivity contribution in [2.45, 2.75) is 50.7 Å². The molecule has 1 unspecified atom stereocenters. The van der Waals surface area contributed by atoms with Crippen LogP contribution in [0.5, 0.6) is 0 Å². The average molecular weight is 389 g/mol. The lowest BCUT2D eigenvalue weighted by Crippen LogP contribution is -2.55. The van der Waals surface area contributed by atoms with Gasteiger partial charge in [0.2, 0.25) is 0 Å². The lowest BCUT2D eigenvalue weighted by Gasteiger charge is -2.44. The van der Waals surface area contributed by atoms with Crippen molar-refractivity contribution >= 4 is 11.9 Å². The van der Waals surface area contributed by atoms with Crippen molar-refractivity contribution in [1.29, 1.82) is 0 Å². The number of likely N-dealkylation sites (N-methyl/N-ethyl adjacent to an activating group) is 1. The monoisotopic (exact) mass is 389 g/mol. The van der Waals surface area contributed by atoms with Crippen molar-refractivity contribution in [2.75, 3.05) is 33.3 Å². The van der Waals surface area contributed by atoms with Gasteiger partial charge in [-0.25, -0.2) is 4.79 Å². The topological polar surface area (TPSA) is 75.7 Å². The molecule has 1 aliphatic heterocycles. The number of quaternary nitrogens is 1. The van der Waals surface area contributed by atoms with E-state index in [-0.39, 0.29) is 24.5 Å². The highest BCUT2D eigenvalue weighted by Crippen LogP contribution is 2.40. The number of hydrogen-bond donors (Lipinski definition) is 0. The van der Waals surface area contributed by atoms with Crippen molar-refractivity contribution in [3.63, 3.8) is 0 Å². The molecular weight excluding hydrogens is 358 g/mol. The van der Waals surface area contributed by atoms with E-state index in [9.17, 15) is 14.7 Å². The van der Waals surface area contributed by atoms with Gasteiger partial charge in [0, 0.05) is 12.0 Å². The smallest absolute Gasteiger partial charge is 0.361 e. The SMILES string of the molecule is CCOC(=O)C[N+]1(C)CC[C@@H](OC(=O)[C@@]([O-])(c2ccccc2)C2CCCC2)C1. The number of hydrogen-bond acceptors (Lipinski definition) is 5. The number of benzene rings is 1. The van der Waals surface area contributed by atoms with Gasteiger partial charge < -0.3 is 19.1 Å². The molecule has 1 saturated heterocycles. The highest BCUT2D eigenvalue weighted by molar-refractivity contribution is 5.81. The molecule has 3 rings (SSSR count). The molecule has 0 N–H and O–H groups in total. The van der Waals surface area contributed by atoms with E-state index in [1.165, 1.54) is 0 Å². The van der Waals surface area contributed by atoms with Crippen LogP contribution in [0.1, 0.15) is 44.6 Å². The first-order valence-corrected chi connectivity index (χ1v) is 10.3. The zero-order valence-corrected chi connectivity index (χ0v) is 16.9. The largest absolute Gasteiger partial charge is 0.837 e. The zero-order chi connectivity index (χ0) is 20.2. The van der Waals surface area contributed by atoms with E-state index in [1.807, 2.05) is 13.1 Å². The second-order valence-electron chi connectivity index (χ2n) is 8.39. The molecule has 1 saturated carbocycles. The summed E-state index contributed by atoms with van der Waals surface area (Å²) in [7, 11) is 1.96. The Morgan fingerprint density at radius 2 is 1.86 bits per heavy atom. The molecule has 2 fully saturated rings. The Labute approximate surface area is 167 Å². The van der Waals surface area contributed by atoms with Crippen LogP contribution >= 0.6 is 0 Å². The summed E-state index contributed by atoms with van der Waals surface area (Å²) in [5, 5.41) is 13.9. The van der Waals surface area contributed by atoms with E-state index in [1.54, 1.807) is 31.2 Å². The Balaban J connectivity index is 1.70. The first-order chi connectivity index (χ1) is 13.4. The predicted octanol–water partition coefficient (Wildman–Crippen LogP) is 1.76. The van der Waals surface area contributed by atoms with Gasteiger partial charge in [-0.2, -0.15) is 0 Å². The third-order valence-electron chi connectivity index (χ3n) is 6.16. The maximum atomic E-state index is 13.9. The summed E-state index contributed by atoms with van der Waals surface area (Å²) >= 11 is 0. The van der Waals surface area contributed by atoms with E-state index in [0.717, 1.165) is 32.2 Å². The van der Waals surface area contributed by atoms with E-state index in [0.29, 0.717) is 29.6 Å². The summed E-state index contributed by atoms with van der Waals surface area (Å²) in [4.78, 5) is 25.0. The molecule has 28 heavy (non-hydrogen) atoms. The minimum Gasteiger partial charge on any atom is -0.837 e. The summed E-state index contributed by atoms with van der Waals surface area (Å²) < 4.78 is 11.3. The van der Waals surface area contributed by atoms with Gasteiger partial charge in [0.1, 0.15) is 6.54 Å². The van der Waals surface area contributed by atoms with Crippen LogP contribution in [0.25, 0.3) is 0 Å². The first-order valence-electron chi connectivity index (χ1n) is 10.3. The van der Waals surface area contributed by atoms with E-state index in [2.05, 4.69) is 0 Å². The van der Waals surface area contributed by atoms with Crippen LogP contribution in [0.3, 0.4) is 0 Å². The Morgan fingerprint density at radius 1 is 1.18 bits per heavy atom. The summed E-state index contributed by atoms with van der Waals surface area (Å²) in [6.45, 7) is 3.64. The van der Waals surface area contributed by atoms with Crippen LogP contribution in [0.4, 0.5) is 0 Å². The normalized spacial score (nSPS) is 27.3. The molecule has 154 valence electrons. The number of carbonyl (C=O) groups excluding carboxylic acids is 2. The lowest BCUT2D eigenvalue weighted by molar-refractivity contribution is -0.891. The number of carbonyl (C=O) groups is 2. The number of ether oxygens (including phenoxy) is 2. The van der Waals surface area contributed by atoms with Crippen LogP contribution in [0.15, 0.2) is 30.3 Å². The molecule has 0 spiro atoms. The number of rotatable bonds is 7. The zero-order valence-electron chi connectivity index (χ0n) is 16.9. The Kier molecular flexibility index (Phi) is 6.40. The van der Waals surface area contributed by atoms with Gasteiger partial charge in [-0.15, -0.1) is 0 Å². The Morgan fingerprint density at radius 3 is 2.50 bits per heavy atom. The number of likely N-dealkylation sites (tertiary alicyclic amines) is 1. The van der Waals surface area contributed by atoms with Crippen LogP contribution in [-0.4, -0.2) is 55.8 Å². The standard InChI is InChI=1S/C22H31NO5/c1-3-27-20(24)16-23(2)14-13-19(15-23)28-21(25)22(26,18-11-7-8-12-18)17-9-5-4-6-10-17/h4-6,9-10,18-19H,3,7-8,11-16H2,1-2H3/t19-,22-,23?/m1/s1. The van der Waals surface area contributed by atoms with Crippen molar-refractivity contribution in [1.82, 2.24) is 0 Å². The van der Waals surface area contributed by atoms with Gasteiger partial charge in [-0.3, -0.25) is 4.79 Å². The molecule has 1 aliphatic carbocycles. The van der Waals surface area contributed by atoms with Crippen LogP contribution < -0.4 is 5.11 Å². The molecule has 6 nitrogen and oxygen atoms in total. The Bertz CT molecular complexity index is 687. The summed E-state index contributed by atoms with van der Waals surface area (Å²) in [5.41, 5.74) is -1.36. The fourth-order valence-corrected chi connectivity index (χ4v) is 4.67. The summed E-state index contributed by atoms with van der Waals surface area (Å²) in [6, 6.07) is 8.92. The fraction of sp³-hybridized carbons (Fsp3) is 0.636. The number of esters is 2. The van der Waals surface area contributed by atoms with Crippen LogP contribution in [0, 0.1) is 5.92 Å². The molecule has 6 heteroatoms. The summed E-state index contributed by atoms with van der Waals surface area (Å²) in [6.07, 6.45) is 3.78. The quantitative estimate of drug-likeness (QED) is 0.525. The number of nitrogens with zero attached hydrogens (tertiary/aromatic N) is 1. The van der Waals surface area contributed by atoms with Crippen molar-refractivity contribution < 1.29 is 28.7 Å².